The van der Waals surface area contributed by atoms with Gasteiger partial charge in [-0.15, -0.1) is 11.3 Å². The smallest absolute Gasteiger partial charge is 0.267 e. The Labute approximate surface area is 145 Å². The Kier molecular flexibility index (Phi) is 4.19. The number of nitrogens with zero attached hydrogens (tertiary/aromatic N) is 1. The molecule has 3 heterocycles. The zero-order chi connectivity index (χ0) is 16.5. The van der Waals surface area contributed by atoms with E-state index in [0.717, 1.165) is 23.6 Å². The molecule has 3 aromatic heterocycles. The van der Waals surface area contributed by atoms with Crippen LogP contribution < -0.4 is 5.32 Å². The van der Waals surface area contributed by atoms with Gasteiger partial charge in [-0.2, -0.15) is 0 Å². The normalized spacial score (nSPS) is 15.4. The standard InChI is InChI=1S/C19H22N2O2S/c1-13-6-7-15(23-13)8-10-20-19(22)17-12-18-16(9-11-24-18)21(17)14-4-2-3-5-14/h6-7,9,11-12,14H,2-5,8,10H2,1H3,(H,20,22). The summed E-state index contributed by atoms with van der Waals surface area (Å²) in [6.45, 7) is 2.53. The highest BCUT2D eigenvalue weighted by atomic mass is 32.1. The van der Waals surface area contributed by atoms with Gasteiger partial charge in [0.15, 0.2) is 0 Å². The molecule has 1 aliphatic carbocycles. The molecule has 0 radical (unpaired) electrons. The molecule has 126 valence electrons. The van der Waals surface area contributed by atoms with E-state index in [0.29, 0.717) is 12.6 Å². The average molecular weight is 342 g/mol. The quantitative estimate of drug-likeness (QED) is 0.731. The molecule has 5 heteroatoms. The topological polar surface area (TPSA) is 47.2 Å². The van der Waals surface area contributed by atoms with Gasteiger partial charge in [0.25, 0.3) is 5.91 Å². The summed E-state index contributed by atoms with van der Waals surface area (Å²) in [6, 6.07) is 8.58. The predicted molar refractivity (Wildman–Crippen MR) is 96.8 cm³/mol. The molecule has 0 saturated heterocycles. The van der Waals surface area contributed by atoms with E-state index in [1.807, 2.05) is 25.1 Å². The highest BCUT2D eigenvalue weighted by molar-refractivity contribution is 7.17. The first kappa shape index (κ1) is 15.5. The van der Waals surface area contributed by atoms with Gasteiger partial charge in [-0.05, 0) is 49.4 Å². The second kappa shape index (κ2) is 6.48. The third kappa shape index (κ3) is 2.88. The van der Waals surface area contributed by atoms with E-state index in [1.54, 1.807) is 11.3 Å². The fourth-order valence-corrected chi connectivity index (χ4v) is 4.50. The van der Waals surface area contributed by atoms with E-state index in [1.165, 1.54) is 35.9 Å². The lowest BCUT2D eigenvalue weighted by molar-refractivity contribution is 0.0943. The molecule has 1 aliphatic rings. The van der Waals surface area contributed by atoms with Crippen molar-refractivity contribution in [1.29, 1.82) is 0 Å². The summed E-state index contributed by atoms with van der Waals surface area (Å²) in [5.74, 6) is 1.85. The predicted octanol–water partition coefficient (Wildman–Crippen LogP) is 4.69. The van der Waals surface area contributed by atoms with E-state index in [4.69, 9.17) is 4.42 Å². The average Bonchev–Trinajstić information content (AvgIpc) is 3.30. The molecule has 1 N–H and O–H groups in total. The molecule has 0 atom stereocenters. The van der Waals surface area contributed by atoms with Crippen LogP contribution in [0, 0.1) is 6.92 Å². The number of furan rings is 1. The minimum absolute atomic E-state index is 0.0218. The summed E-state index contributed by atoms with van der Waals surface area (Å²) >= 11 is 1.71. The number of aryl methyl sites for hydroxylation is 1. The second-order valence-electron chi connectivity index (χ2n) is 6.53. The van der Waals surface area contributed by atoms with Crippen molar-refractivity contribution in [3.63, 3.8) is 0 Å². The molecule has 0 unspecified atom stereocenters. The fourth-order valence-electron chi connectivity index (χ4n) is 3.68. The number of hydrogen-bond acceptors (Lipinski definition) is 3. The Morgan fingerprint density at radius 3 is 2.92 bits per heavy atom. The lowest BCUT2D eigenvalue weighted by atomic mass is 10.2. The first-order chi connectivity index (χ1) is 11.7. The minimum Gasteiger partial charge on any atom is -0.466 e. The van der Waals surface area contributed by atoms with Gasteiger partial charge in [-0.25, -0.2) is 0 Å². The van der Waals surface area contributed by atoms with Crippen LogP contribution in [-0.4, -0.2) is 17.0 Å². The van der Waals surface area contributed by atoms with Crippen LogP contribution in [0.4, 0.5) is 0 Å². The number of hydrogen-bond donors (Lipinski definition) is 1. The molecule has 1 amide bonds. The Morgan fingerprint density at radius 1 is 1.33 bits per heavy atom. The number of nitrogens with one attached hydrogen (secondary N) is 1. The maximum absolute atomic E-state index is 12.7. The number of carbonyl (C=O) groups excluding carboxylic acids is 1. The maximum Gasteiger partial charge on any atom is 0.267 e. The summed E-state index contributed by atoms with van der Waals surface area (Å²) in [4.78, 5) is 12.7. The highest BCUT2D eigenvalue weighted by Gasteiger charge is 2.24. The SMILES string of the molecule is Cc1ccc(CCNC(=O)c2cc3sccc3n2C2CCCC2)o1. The fraction of sp³-hybridized carbons (Fsp3) is 0.421. The van der Waals surface area contributed by atoms with E-state index in [9.17, 15) is 4.79 Å². The second-order valence-corrected chi connectivity index (χ2v) is 7.47. The van der Waals surface area contributed by atoms with Gasteiger partial charge >= 0.3 is 0 Å². The van der Waals surface area contributed by atoms with Crippen molar-refractivity contribution in [2.75, 3.05) is 6.54 Å². The van der Waals surface area contributed by atoms with Gasteiger partial charge in [0.05, 0.1) is 10.2 Å². The van der Waals surface area contributed by atoms with Crippen LogP contribution in [0.5, 0.6) is 0 Å². The van der Waals surface area contributed by atoms with E-state index in [2.05, 4.69) is 21.3 Å². The monoisotopic (exact) mass is 342 g/mol. The van der Waals surface area contributed by atoms with Gasteiger partial charge in [0.2, 0.25) is 0 Å². The Bertz CT molecular complexity index is 852. The van der Waals surface area contributed by atoms with Crippen molar-refractivity contribution >= 4 is 27.5 Å². The van der Waals surface area contributed by atoms with E-state index >= 15 is 0 Å². The number of aromatic nitrogens is 1. The summed E-state index contributed by atoms with van der Waals surface area (Å²) < 4.78 is 9.03. The van der Waals surface area contributed by atoms with Crippen molar-refractivity contribution < 1.29 is 9.21 Å². The van der Waals surface area contributed by atoms with Crippen molar-refractivity contribution in [3.05, 3.63) is 46.9 Å². The van der Waals surface area contributed by atoms with Gasteiger partial charge in [0, 0.05) is 19.0 Å². The van der Waals surface area contributed by atoms with Crippen molar-refractivity contribution in [3.8, 4) is 0 Å². The molecule has 0 aliphatic heterocycles. The van der Waals surface area contributed by atoms with Crippen LogP contribution in [0.2, 0.25) is 0 Å². The number of rotatable bonds is 5. The molecule has 1 fully saturated rings. The molecule has 3 aromatic rings. The maximum atomic E-state index is 12.7. The molecule has 24 heavy (non-hydrogen) atoms. The van der Waals surface area contributed by atoms with Gasteiger partial charge in [-0.3, -0.25) is 4.79 Å². The lowest BCUT2D eigenvalue weighted by Crippen LogP contribution is -2.28. The number of carbonyl (C=O) groups is 1. The number of amides is 1. The molecule has 4 nitrogen and oxygen atoms in total. The zero-order valence-corrected chi connectivity index (χ0v) is 14.7. The molecule has 4 rings (SSSR count). The van der Waals surface area contributed by atoms with Gasteiger partial charge < -0.3 is 14.3 Å². The van der Waals surface area contributed by atoms with Crippen molar-refractivity contribution in [1.82, 2.24) is 9.88 Å². The summed E-state index contributed by atoms with van der Waals surface area (Å²) in [7, 11) is 0. The van der Waals surface area contributed by atoms with Gasteiger partial charge in [-0.1, -0.05) is 12.8 Å². The summed E-state index contributed by atoms with van der Waals surface area (Å²) in [5, 5.41) is 5.16. The van der Waals surface area contributed by atoms with Crippen molar-refractivity contribution in [2.24, 2.45) is 0 Å². The number of thiophene rings is 1. The van der Waals surface area contributed by atoms with Crippen LogP contribution >= 0.6 is 11.3 Å². The molecule has 0 bridgehead atoms. The molecular weight excluding hydrogens is 320 g/mol. The van der Waals surface area contributed by atoms with Crippen LogP contribution in [0.25, 0.3) is 10.2 Å². The largest absolute Gasteiger partial charge is 0.466 e. The minimum atomic E-state index is 0.0218. The molecule has 0 spiro atoms. The van der Waals surface area contributed by atoms with Crippen molar-refractivity contribution in [2.45, 2.75) is 45.1 Å². The lowest BCUT2D eigenvalue weighted by Gasteiger charge is -2.17. The summed E-state index contributed by atoms with van der Waals surface area (Å²) in [5.41, 5.74) is 2.01. The highest BCUT2D eigenvalue weighted by Crippen LogP contribution is 2.36. The third-order valence-corrected chi connectivity index (χ3v) is 5.69. The van der Waals surface area contributed by atoms with Gasteiger partial charge in [0.1, 0.15) is 17.2 Å². The van der Waals surface area contributed by atoms with Crippen LogP contribution in [0.15, 0.2) is 34.1 Å². The Morgan fingerprint density at radius 2 is 2.17 bits per heavy atom. The van der Waals surface area contributed by atoms with Crippen LogP contribution in [0.1, 0.15) is 53.7 Å². The van der Waals surface area contributed by atoms with Crippen LogP contribution in [-0.2, 0) is 6.42 Å². The van der Waals surface area contributed by atoms with Crippen LogP contribution in [0.3, 0.4) is 0 Å². The zero-order valence-electron chi connectivity index (χ0n) is 13.9. The first-order valence-electron chi connectivity index (χ1n) is 8.64. The Balaban J connectivity index is 1.51. The first-order valence-corrected chi connectivity index (χ1v) is 9.52. The molecule has 0 aromatic carbocycles. The summed E-state index contributed by atoms with van der Waals surface area (Å²) in [6.07, 6.45) is 5.58. The molecule has 1 saturated carbocycles. The van der Waals surface area contributed by atoms with E-state index in [-0.39, 0.29) is 5.91 Å². The Hall–Kier alpha value is -2.01. The number of fused-ring (bicyclic) bond motifs is 1. The van der Waals surface area contributed by atoms with E-state index < -0.39 is 0 Å². The third-order valence-electron chi connectivity index (χ3n) is 4.84. The molecular formula is C19H22N2O2S.